The van der Waals surface area contributed by atoms with Gasteiger partial charge in [0.05, 0.1) is 22.5 Å². The Morgan fingerprint density at radius 1 is 1.09 bits per heavy atom. The SMILES string of the molecule is O=C1[C@@H]2[C@H](C(=O)N1c1ccc(Cl)c(F)c1)[C@H]1C=C[C@@H]2C12CC2. The number of anilines is 1. The summed E-state index contributed by atoms with van der Waals surface area (Å²) in [6, 6.07) is 4.09. The maximum Gasteiger partial charge on any atom is 0.238 e. The van der Waals surface area contributed by atoms with Crippen molar-refractivity contribution in [2.24, 2.45) is 29.1 Å². The lowest BCUT2D eigenvalue weighted by Gasteiger charge is -2.21. The van der Waals surface area contributed by atoms with Crippen LogP contribution in [0.3, 0.4) is 0 Å². The van der Waals surface area contributed by atoms with Crippen LogP contribution in [0.4, 0.5) is 10.1 Å². The summed E-state index contributed by atoms with van der Waals surface area (Å²) in [5.41, 5.74) is 0.466. The number of amides is 2. The normalized spacial score (nSPS) is 36.5. The van der Waals surface area contributed by atoms with Gasteiger partial charge in [-0.1, -0.05) is 23.8 Å². The summed E-state index contributed by atoms with van der Waals surface area (Å²) in [6.45, 7) is 0. The summed E-state index contributed by atoms with van der Waals surface area (Å²) in [4.78, 5) is 26.8. The van der Waals surface area contributed by atoms with Crippen LogP contribution >= 0.6 is 11.6 Å². The average Bonchev–Trinajstić information content (AvgIpc) is 3.08. The number of rotatable bonds is 1. The van der Waals surface area contributed by atoms with Crippen LogP contribution in [-0.2, 0) is 9.59 Å². The number of carbonyl (C=O) groups is 2. The number of nitrogens with zero attached hydrogens (tertiary/aromatic N) is 1. The largest absolute Gasteiger partial charge is 0.274 e. The van der Waals surface area contributed by atoms with Crippen LogP contribution in [0.5, 0.6) is 0 Å². The van der Waals surface area contributed by atoms with E-state index >= 15 is 0 Å². The van der Waals surface area contributed by atoms with E-state index in [1.807, 2.05) is 0 Å². The molecule has 0 aromatic heterocycles. The molecule has 2 saturated carbocycles. The Morgan fingerprint density at radius 2 is 1.68 bits per heavy atom. The van der Waals surface area contributed by atoms with Crippen LogP contribution in [0.15, 0.2) is 30.4 Å². The fourth-order valence-corrected chi connectivity index (χ4v) is 5.07. The second kappa shape index (κ2) is 3.80. The van der Waals surface area contributed by atoms with Gasteiger partial charge in [-0.25, -0.2) is 9.29 Å². The Kier molecular flexibility index (Phi) is 2.21. The van der Waals surface area contributed by atoms with Crippen LogP contribution in [0.1, 0.15) is 12.8 Å². The number of hydrogen-bond acceptors (Lipinski definition) is 2. The zero-order valence-electron chi connectivity index (χ0n) is 11.6. The van der Waals surface area contributed by atoms with Crippen molar-refractivity contribution in [1.29, 1.82) is 0 Å². The molecule has 1 heterocycles. The van der Waals surface area contributed by atoms with E-state index in [0.29, 0.717) is 0 Å². The Labute approximate surface area is 131 Å². The highest BCUT2D eigenvalue weighted by atomic mass is 35.5. The highest BCUT2D eigenvalue weighted by Gasteiger charge is 2.73. The molecule has 1 aliphatic heterocycles. The summed E-state index contributed by atoms with van der Waals surface area (Å²) in [5.74, 6) is -1.13. The van der Waals surface area contributed by atoms with Crippen molar-refractivity contribution in [3.8, 4) is 0 Å². The van der Waals surface area contributed by atoms with Gasteiger partial charge in [-0.3, -0.25) is 9.59 Å². The van der Waals surface area contributed by atoms with E-state index in [1.165, 1.54) is 18.2 Å². The second-order valence-electron chi connectivity index (χ2n) is 6.83. The molecule has 1 spiro atoms. The first kappa shape index (κ1) is 12.8. The van der Waals surface area contributed by atoms with Crippen molar-refractivity contribution < 1.29 is 14.0 Å². The quantitative estimate of drug-likeness (QED) is 0.589. The summed E-state index contributed by atoms with van der Waals surface area (Å²) in [6.07, 6.45) is 6.46. The Hall–Kier alpha value is -1.68. The molecule has 3 aliphatic carbocycles. The maximum absolute atomic E-state index is 13.7. The summed E-state index contributed by atoms with van der Waals surface area (Å²) >= 11 is 5.68. The second-order valence-corrected chi connectivity index (χ2v) is 7.24. The molecule has 0 unspecified atom stereocenters. The lowest BCUT2D eigenvalue weighted by molar-refractivity contribution is -0.123. The van der Waals surface area contributed by atoms with Gasteiger partial charge >= 0.3 is 0 Å². The third-order valence-corrected chi connectivity index (χ3v) is 6.32. The third-order valence-electron chi connectivity index (χ3n) is 6.01. The topological polar surface area (TPSA) is 37.4 Å². The van der Waals surface area contributed by atoms with Gasteiger partial charge in [0.2, 0.25) is 11.8 Å². The molecule has 1 aromatic rings. The monoisotopic (exact) mass is 317 g/mol. The lowest BCUT2D eigenvalue weighted by atomic mass is 9.85. The number of carbonyl (C=O) groups excluding carboxylic acids is 2. The molecule has 1 saturated heterocycles. The number of hydrogen-bond donors (Lipinski definition) is 0. The number of allylic oxidation sites excluding steroid dienone is 2. The number of fused-ring (bicyclic) bond motifs is 3. The van der Waals surface area contributed by atoms with Gasteiger partial charge in [0.1, 0.15) is 5.82 Å². The molecule has 5 heteroatoms. The van der Waals surface area contributed by atoms with Crippen LogP contribution in [-0.4, -0.2) is 11.8 Å². The summed E-state index contributed by atoms with van der Waals surface area (Å²) in [5, 5.41) is -0.0123. The van der Waals surface area contributed by atoms with Crippen LogP contribution < -0.4 is 4.90 Å². The molecule has 0 N–H and O–H groups in total. The highest BCUT2D eigenvalue weighted by Crippen LogP contribution is 2.73. The van der Waals surface area contributed by atoms with Gasteiger partial charge in [-0.15, -0.1) is 0 Å². The van der Waals surface area contributed by atoms with Gasteiger partial charge in [-0.05, 0) is 48.3 Å². The zero-order valence-corrected chi connectivity index (χ0v) is 12.4. The Balaban J connectivity index is 1.57. The maximum atomic E-state index is 13.7. The van der Waals surface area contributed by atoms with Gasteiger partial charge in [0.15, 0.2) is 0 Å². The molecule has 5 rings (SSSR count). The van der Waals surface area contributed by atoms with E-state index < -0.39 is 5.82 Å². The molecule has 4 aliphatic rings. The van der Waals surface area contributed by atoms with Crippen molar-refractivity contribution in [1.82, 2.24) is 0 Å². The van der Waals surface area contributed by atoms with E-state index in [2.05, 4.69) is 12.2 Å². The first-order valence-corrected chi connectivity index (χ1v) is 7.93. The first-order chi connectivity index (χ1) is 10.5. The smallest absolute Gasteiger partial charge is 0.238 e. The lowest BCUT2D eigenvalue weighted by Crippen LogP contribution is -2.34. The van der Waals surface area contributed by atoms with Gasteiger partial charge < -0.3 is 0 Å². The van der Waals surface area contributed by atoms with E-state index in [1.54, 1.807) is 0 Å². The van der Waals surface area contributed by atoms with Crippen molar-refractivity contribution in [2.45, 2.75) is 12.8 Å². The first-order valence-electron chi connectivity index (χ1n) is 7.56. The van der Waals surface area contributed by atoms with Crippen molar-refractivity contribution in [2.75, 3.05) is 4.90 Å². The Bertz CT molecular complexity index is 736. The molecular weight excluding hydrogens is 305 g/mol. The number of benzene rings is 1. The van der Waals surface area contributed by atoms with Gasteiger partial charge in [0, 0.05) is 0 Å². The molecular formula is C17H13ClFNO2. The van der Waals surface area contributed by atoms with Crippen LogP contribution in [0.2, 0.25) is 5.02 Å². The fourth-order valence-electron chi connectivity index (χ4n) is 4.96. The molecule has 1 aromatic carbocycles. The predicted octanol–water partition coefficient (Wildman–Crippen LogP) is 3.18. The molecule has 0 radical (unpaired) electrons. The van der Waals surface area contributed by atoms with Crippen molar-refractivity contribution in [3.05, 3.63) is 41.2 Å². The van der Waals surface area contributed by atoms with E-state index in [0.717, 1.165) is 17.7 Å². The van der Waals surface area contributed by atoms with Gasteiger partial charge in [0.25, 0.3) is 0 Å². The average molecular weight is 318 g/mol. The van der Waals surface area contributed by atoms with E-state index in [9.17, 15) is 14.0 Å². The van der Waals surface area contributed by atoms with E-state index in [4.69, 9.17) is 11.6 Å². The zero-order chi connectivity index (χ0) is 15.2. The molecule has 112 valence electrons. The van der Waals surface area contributed by atoms with E-state index in [-0.39, 0.29) is 51.6 Å². The van der Waals surface area contributed by atoms with Crippen LogP contribution in [0, 0.1) is 34.9 Å². The minimum atomic E-state index is -0.614. The minimum Gasteiger partial charge on any atom is -0.274 e. The molecule has 3 nitrogen and oxygen atoms in total. The summed E-state index contributed by atoms with van der Waals surface area (Å²) in [7, 11) is 0. The van der Waals surface area contributed by atoms with Crippen LogP contribution in [0.25, 0.3) is 0 Å². The highest BCUT2D eigenvalue weighted by molar-refractivity contribution is 6.31. The number of imide groups is 1. The molecule has 4 atom stereocenters. The van der Waals surface area contributed by atoms with Crippen molar-refractivity contribution >= 4 is 29.1 Å². The predicted molar refractivity (Wildman–Crippen MR) is 78.7 cm³/mol. The minimum absolute atomic E-state index is 0.0123. The third kappa shape index (κ3) is 1.29. The van der Waals surface area contributed by atoms with Crippen molar-refractivity contribution in [3.63, 3.8) is 0 Å². The van der Waals surface area contributed by atoms with Gasteiger partial charge in [-0.2, -0.15) is 0 Å². The summed E-state index contributed by atoms with van der Waals surface area (Å²) < 4.78 is 13.7. The molecule has 22 heavy (non-hydrogen) atoms. The fraction of sp³-hybridized carbons (Fsp3) is 0.412. The molecule has 3 fully saturated rings. The molecule has 2 amide bonds. The standard InChI is InChI=1S/C17H13ClFNO2/c18-11-4-1-8(7-12(11)19)20-15(21)13-9-2-3-10(14(13)16(20)22)17(9)5-6-17/h1-4,7,9-10,13-14H,5-6H2/t9-,10+,13-,14+. The Morgan fingerprint density at radius 3 is 2.18 bits per heavy atom. The number of halogens is 2. The molecule has 2 bridgehead atoms.